The SMILES string of the molecule is CC(=O)OC1C(Oc2c(-c3ccccc3)oc3cc(OC4OC(C)C(O)C(O)C4O)cc(O)c3c2=O)OC(C)C(O)C1OC(C)=O. The van der Waals surface area contributed by atoms with Gasteiger partial charge in [0, 0.05) is 31.5 Å². The number of hydrogen-bond donors (Lipinski definition) is 5. The first-order valence-corrected chi connectivity index (χ1v) is 14.4. The minimum atomic E-state index is -1.65. The number of aliphatic hydroxyl groups is 4. The van der Waals surface area contributed by atoms with Gasteiger partial charge in [0.25, 0.3) is 0 Å². The predicted octanol–water partition coefficient (Wildman–Crippen LogP) is 0.720. The Bertz CT molecular complexity index is 1640. The molecule has 46 heavy (non-hydrogen) atoms. The zero-order valence-corrected chi connectivity index (χ0v) is 25.1. The molecule has 0 aliphatic carbocycles. The maximum atomic E-state index is 14.0. The quantitative estimate of drug-likeness (QED) is 0.223. The van der Waals surface area contributed by atoms with Gasteiger partial charge in [-0.1, -0.05) is 30.3 Å². The number of phenolic OH excluding ortho intramolecular Hbond substituents is 1. The first-order chi connectivity index (χ1) is 21.8. The van der Waals surface area contributed by atoms with Crippen LogP contribution in [0.1, 0.15) is 27.7 Å². The summed E-state index contributed by atoms with van der Waals surface area (Å²) in [4.78, 5) is 37.9. The van der Waals surface area contributed by atoms with Crippen molar-refractivity contribution in [2.75, 3.05) is 0 Å². The number of ether oxygens (including phenoxy) is 6. The summed E-state index contributed by atoms with van der Waals surface area (Å²) in [5.74, 6) is -2.93. The molecule has 2 fully saturated rings. The minimum Gasteiger partial charge on any atom is -0.507 e. The van der Waals surface area contributed by atoms with E-state index in [1.807, 2.05) is 0 Å². The Hall–Kier alpha value is -4.25. The van der Waals surface area contributed by atoms with Crippen molar-refractivity contribution in [3.05, 3.63) is 52.7 Å². The molecule has 5 rings (SSSR count). The molecule has 5 N–H and O–H groups in total. The number of carbonyl (C=O) groups excluding carboxylic acids is 2. The second-order valence-corrected chi connectivity index (χ2v) is 11.0. The van der Waals surface area contributed by atoms with Gasteiger partial charge in [-0.05, 0) is 13.8 Å². The third-order valence-corrected chi connectivity index (χ3v) is 7.60. The standard InChI is InChI=1S/C31H34O15/c1-12-21(35)24(38)25(39)30(40-12)44-17-10-18(34)20-19(11-17)45-26(16-8-6-5-7-9-16)28(23(20)37)46-31-29(43-15(4)33)27(42-14(3)32)22(36)13(2)41-31/h5-13,21-22,24-25,27,29-31,34-36,38-39H,1-4H3. The average molecular weight is 647 g/mol. The number of aliphatic hydroxyl groups excluding tert-OH is 4. The van der Waals surface area contributed by atoms with Crippen molar-refractivity contribution in [2.24, 2.45) is 0 Å². The smallest absolute Gasteiger partial charge is 0.303 e. The summed E-state index contributed by atoms with van der Waals surface area (Å²) in [5.41, 5.74) is -0.699. The summed E-state index contributed by atoms with van der Waals surface area (Å²) in [6.07, 6.45) is -13.9. The van der Waals surface area contributed by atoms with Gasteiger partial charge in [-0.15, -0.1) is 0 Å². The Morgan fingerprint density at radius 2 is 1.37 bits per heavy atom. The number of hydrogen-bond acceptors (Lipinski definition) is 15. The van der Waals surface area contributed by atoms with Gasteiger partial charge in [0.05, 0.1) is 12.2 Å². The van der Waals surface area contributed by atoms with Gasteiger partial charge >= 0.3 is 11.9 Å². The maximum absolute atomic E-state index is 14.0. The van der Waals surface area contributed by atoms with Gasteiger partial charge in [0.2, 0.25) is 29.9 Å². The monoisotopic (exact) mass is 646 g/mol. The summed E-state index contributed by atoms with van der Waals surface area (Å²) in [7, 11) is 0. The highest BCUT2D eigenvalue weighted by molar-refractivity contribution is 5.88. The minimum absolute atomic E-state index is 0.113. The van der Waals surface area contributed by atoms with Gasteiger partial charge in [-0.25, -0.2) is 0 Å². The average Bonchev–Trinajstić information content (AvgIpc) is 3.00. The van der Waals surface area contributed by atoms with Crippen molar-refractivity contribution in [2.45, 2.75) is 89.1 Å². The molecule has 2 saturated heterocycles. The van der Waals surface area contributed by atoms with E-state index in [9.17, 15) is 39.9 Å². The van der Waals surface area contributed by atoms with Crippen LogP contribution in [0.2, 0.25) is 0 Å². The van der Waals surface area contributed by atoms with Crippen molar-refractivity contribution in [1.82, 2.24) is 0 Å². The molecule has 1 aromatic heterocycles. The van der Waals surface area contributed by atoms with Crippen LogP contribution in [-0.4, -0.2) is 98.9 Å². The van der Waals surface area contributed by atoms with Crippen LogP contribution in [0.3, 0.4) is 0 Å². The molecule has 0 bridgehead atoms. The van der Waals surface area contributed by atoms with Gasteiger partial charge in [-0.3, -0.25) is 14.4 Å². The molecular weight excluding hydrogens is 612 g/mol. The van der Waals surface area contributed by atoms with Crippen LogP contribution in [0, 0.1) is 0 Å². The molecule has 0 amide bonds. The van der Waals surface area contributed by atoms with E-state index in [0.717, 1.165) is 19.9 Å². The van der Waals surface area contributed by atoms with Crippen molar-refractivity contribution in [3.63, 3.8) is 0 Å². The summed E-state index contributed by atoms with van der Waals surface area (Å²) in [6, 6.07) is 10.6. The van der Waals surface area contributed by atoms with E-state index < -0.39 is 90.3 Å². The van der Waals surface area contributed by atoms with Crippen molar-refractivity contribution in [1.29, 1.82) is 0 Å². The molecule has 15 nitrogen and oxygen atoms in total. The Balaban J connectivity index is 1.59. The van der Waals surface area contributed by atoms with Crippen molar-refractivity contribution < 1.29 is 68.0 Å². The lowest BCUT2D eigenvalue weighted by atomic mass is 9.99. The summed E-state index contributed by atoms with van der Waals surface area (Å²) < 4.78 is 39.6. The van der Waals surface area contributed by atoms with E-state index >= 15 is 0 Å². The Labute approximate surface area is 261 Å². The van der Waals surface area contributed by atoms with E-state index in [1.165, 1.54) is 19.9 Å². The number of fused-ring (bicyclic) bond motifs is 1. The van der Waals surface area contributed by atoms with Crippen LogP contribution in [0.4, 0.5) is 0 Å². The Morgan fingerprint density at radius 3 is 2.02 bits per heavy atom. The van der Waals surface area contributed by atoms with Crippen LogP contribution in [0.15, 0.2) is 51.7 Å². The molecule has 0 radical (unpaired) electrons. The highest BCUT2D eigenvalue weighted by Gasteiger charge is 2.50. The largest absolute Gasteiger partial charge is 0.507 e. The fourth-order valence-corrected chi connectivity index (χ4v) is 5.30. The van der Waals surface area contributed by atoms with Gasteiger partial charge in [-0.2, -0.15) is 0 Å². The molecule has 3 aromatic rings. The molecule has 0 saturated carbocycles. The van der Waals surface area contributed by atoms with Gasteiger partial charge in [0.15, 0.2) is 11.9 Å². The molecule has 15 heteroatoms. The van der Waals surface area contributed by atoms with E-state index in [4.69, 9.17) is 32.8 Å². The van der Waals surface area contributed by atoms with E-state index in [1.54, 1.807) is 30.3 Å². The molecule has 2 aliphatic heterocycles. The van der Waals surface area contributed by atoms with E-state index in [2.05, 4.69) is 0 Å². The highest BCUT2D eigenvalue weighted by atomic mass is 16.7. The van der Waals surface area contributed by atoms with E-state index in [-0.39, 0.29) is 22.5 Å². The number of rotatable bonds is 7. The van der Waals surface area contributed by atoms with Gasteiger partial charge in [0.1, 0.15) is 46.9 Å². The normalized spacial score (nSPS) is 31.2. The summed E-state index contributed by atoms with van der Waals surface area (Å²) >= 11 is 0. The molecule has 248 valence electrons. The maximum Gasteiger partial charge on any atom is 0.303 e. The predicted molar refractivity (Wildman–Crippen MR) is 155 cm³/mol. The number of aromatic hydroxyl groups is 1. The van der Waals surface area contributed by atoms with Crippen molar-refractivity contribution >= 4 is 22.9 Å². The lowest BCUT2D eigenvalue weighted by Gasteiger charge is -2.41. The molecule has 3 heterocycles. The van der Waals surface area contributed by atoms with Crippen LogP contribution < -0.4 is 14.9 Å². The summed E-state index contributed by atoms with van der Waals surface area (Å²) in [5, 5.41) is 51.8. The number of carbonyl (C=O) groups is 2. The number of benzene rings is 2. The molecule has 10 unspecified atom stereocenters. The lowest BCUT2D eigenvalue weighted by Crippen LogP contribution is -2.61. The molecule has 10 atom stereocenters. The van der Waals surface area contributed by atoms with Gasteiger partial charge < -0.3 is 58.4 Å². The second kappa shape index (κ2) is 13.2. The fourth-order valence-electron chi connectivity index (χ4n) is 5.30. The summed E-state index contributed by atoms with van der Waals surface area (Å²) in [6.45, 7) is 5.12. The lowest BCUT2D eigenvalue weighted by molar-refractivity contribution is -0.277. The van der Waals surface area contributed by atoms with Crippen LogP contribution in [0.5, 0.6) is 17.2 Å². The zero-order valence-electron chi connectivity index (χ0n) is 25.1. The topological polar surface area (TPSA) is 221 Å². The van der Waals surface area contributed by atoms with E-state index in [0.29, 0.717) is 5.56 Å². The number of esters is 2. The van der Waals surface area contributed by atoms with Crippen LogP contribution >= 0.6 is 0 Å². The Kier molecular flexibility index (Phi) is 9.53. The van der Waals surface area contributed by atoms with Crippen molar-refractivity contribution in [3.8, 4) is 28.6 Å². The second-order valence-electron chi connectivity index (χ2n) is 11.0. The first kappa shape index (κ1) is 33.1. The zero-order chi connectivity index (χ0) is 33.4. The highest BCUT2D eigenvalue weighted by Crippen LogP contribution is 2.38. The van der Waals surface area contributed by atoms with Crippen LogP contribution in [-0.2, 0) is 28.5 Å². The molecule has 2 aromatic carbocycles. The van der Waals surface area contributed by atoms with Crippen LogP contribution in [0.25, 0.3) is 22.3 Å². The molecule has 0 spiro atoms. The molecular formula is C31H34O15. The number of phenols is 1. The Morgan fingerprint density at radius 1 is 0.761 bits per heavy atom. The third kappa shape index (κ3) is 6.51. The first-order valence-electron chi connectivity index (χ1n) is 14.4. The molecule has 2 aliphatic rings. The third-order valence-electron chi connectivity index (χ3n) is 7.60. The fraction of sp³-hybridized carbons (Fsp3) is 0.452.